The topological polar surface area (TPSA) is 89.8 Å². The minimum Gasteiger partial charge on any atom is -0.455 e. The molecule has 2 aliphatic rings. The third-order valence-corrected chi connectivity index (χ3v) is 3.68. The summed E-state index contributed by atoms with van der Waals surface area (Å²) in [5.41, 5.74) is 0. The van der Waals surface area contributed by atoms with Crippen molar-refractivity contribution in [3.8, 4) is 0 Å². The Hall–Kier alpha value is -1.66. The Bertz CT molecular complexity index is 398. The maximum atomic E-state index is 11.8. The van der Waals surface area contributed by atoms with E-state index in [-0.39, 0.29) is 18.9 Å². The van der Waals surface area contributed by atoms with Crippen molar-refractivity contribution in [2.24, 2.45) is 11.8 Å². The van der Waals surface area contributed by atoms with E-state index in [1.54, 1.807) is 4.90 Å². The van der Waals surface area contributed by atoms with Crippen LogP contribution in [0.15, 0.2) is 0 Å². The molecular weight excluding hydrogens is 252 g/mol. The number of ether oxygens (including phenoxy) is 1. The van der Waals surface area contributed by atoms with Gasteiger partial charge >= 0.3 is 5.97 Å². The molecule has 0 N–H and O–H groups in total. The molecule has 0 spiro atoms. The molecule has 2 rings (SSSR count). The van der Waals surface area contributed by atoms with E-state index in [0.717, 1.165) is 12.8 Å². The van der Waals surface area contributed by atoms with Crippen LogP contribution in [-0.4, -0.2) is 47.4 Å². The molecule has 0 aromatic heterocycles. The highest BCUT2D eigenvalue weighted by molar-refractivity contribution is 5.82. The van der Waals surface area contributed by atoms with E-state index < -0.39 is 22.9 Å². The molecular formula is C12H18N2O5. The molecule has 0 aromatic carbocycles. The van der Waals surface area contributed by atoms with Gasteiger partial charge in [-0.15, -0.1) is 0 Å². The highest BCUT2D eigenvalue weighted by atomic mass is 16.6. The molecule has 1 aliphatic carbocycles. The van der Waals surface area contributed by atoms with Crippen molar-refractivity contribution in [1.82, 2.24) is 4.90 Å². The summed E-state index contributed by atoms with van der Waals surface area (Å²) in [6.07, 6.45) is 2.30. The Morgan fingerprint density at radius 3 is 2.79 bits per heavy atom. The van der Waals surface area contributed by atoms with Gasteiger partial charge in [-0.2, -0.15) is 0 Å². The Morgan fingerprint density at radius 2 is 2.21 bits per heavy atom. The van der Waals surface area contributed by atoms with Gasteiger partial charge in [0, 0.05) is 24.4 Å². The summed E-state index contributed by atoms with van der Waals surface area (Å²) >= 11 is 0. The van der Waals surface area contributed by atoms with Crippen LogP contribution in [0.1, 0.15) is 26.2 Å². The van der Waals surface area contributed by atoms with Crippen LogP contribution in [0.2, 0.25) is 0 Å². The standard InChI is InChI=1S/C12H18N2O5/c1-8-3-2-4-13(6-8)11(15)7-19-12(16)9-5-10(9)14(17)18/h8-10H,2-7H2,1H3. The quantitative estimate of drug-likeness (QED) is 0.420. The Labute approximate surface area is 111 Å². The lowest BCUT2D eigenvalue weighted by Crippen LogP contribution is -2.41. The highest BCUT2D eigenvalue weighted by Gasteiger charge is 2.54. The number of hydrogen-bond acceptors (Lipinski definition) is 5. The minimum atomic E-state index is -0.822. The van der Waals surface area contributed by atoms with Crippen molar-refractivity contribution in [2.45, 2.75) is 32.2 Å². The molecule has 7 nitrogen and oxygen atoms in total. The van der Waals surface area contributed by atoms with Crippen LogP contribution in [0.4, 0.5) is 0 Å². The van der Waals surface area contributed by atoms with E-state index in [9.17, 15) is 19.7 Å². The van der Waals surface area contributed by atoms with Crippen LogP contribution in [0.5, 0.6) is 0 Å². The van der Waals surface area contributed by atoms with Gasteiger partial charge in [-0.25, -0.2) is 0 Å². The smallest absolute Gasteiger partial charge is 0.316 e. The molecule has 19 heavy (non-hydrogen) atoms. The van der Waals surface area contributed by atoms with Crippen LogP contribution in [0.3, 0.4) is 0 Å². The van der Waals surface area contributed by atoms with Gasteiger partial charge in [0.25, 0.3) is 5.91 Å². The van der Waals surface area contributed by atoms with E-state index >= 15 is 0 Å². The first-order valence-corrected chi connectivity index (χ1v) is 6.57. The fourth-order valence-electron chi connectivity index (χ4n) is 2.42. The normalized spacial score (nSPS) is 29.7. The summed E-state index contributed by atoms with van der Waals surface area (Å²) in [7, 11) is 0. The maximum Gasteiger partial charge on any atom is 0.316 e. The molecule has 1 saturated heterocycles. The zero-order valence-corrected chi connectivity index (χ0v) is 10.9. The van der Waals surface area contributed by atoms with Crippen molar-refractivity contribution < 1.29 is 19.2 Å². The monoisotopic (exact) mass is 270 g/mol. The summed E-state index contributed by atoms with van der Waals surface area (Å²) in [6.45, 7) is 3.17. The molecule has 7 heteroatoms. The molecule has 0 bridgehead atoms. The lowest BCUT2D eigenvalue weighted by molar-refractivity contribution is -0.497. The third kappa shape index (κ3) is 3.42. The van der Waals surface area contributed by atoms with Gasteiger partial charge < -0.3 is 9.64 Å². The third-order valence-electron chi connectivity index (χ3n) is 3.68. The van der Waals surface area contributed by atoms with E-state index in [1.807, 2.05) is 0 Å². The number of carbonyl (C=O) groups excluding carboxylic acids is 2. The summed E-state index contributed by atoms with van der Waals surface area (Å²) in [5, 5.41) is 10.4. The molecule has 3 atom stereocenters. The van der Waals surface area contributed by atoms with Crippen LogP contribution >= 0.6 is 0 Å². The number of esters is 1. The second kappa shape index (κ2) is 5.54. The lowest BCUT2D eigenvalue weighted by Gasteiger charge is -2.30. The number of nitro groups is 1. The second-order valence-corrected chi connectivity index (χ2v) is 5.39. The summed E-state index contributed by atoms with van der Waals surface area (Å²) in [6, 6.07) is -0.822. The second-order valence-electron chi connectivity index (χ2n) is 5.39. The van der Waals surface area contributed by atoms with Crippen molar-refractivity contribution >= 4 is 11.9 Å². The number of piperidine rings is 1. The van der Waals surface area contributed by atoms with E-state index in [2.05, 4.69) is 6.92 Å². The number of nitrogens with zero attached hydrogens (tertiary/aromatic N) is 2. The van der Waals surface area contributed by atoms with Crippen molar-refractivity contribution in [3.05, 3.63) is 10.1 Å². The first kappa shape index (κ1) is 13.8. The Morgan fingerprint density at radius 1 is 1.47 bits per heavy atom. The van der Waals surface area contributed by atoms with Crippen molar-refractivity contribution in [3.63, 3.8) is 0 Å². The predicted molar refractivity (Wildman–Crippen MR) is 64.8 cm³/mol. The van der Waals surface area contributed by atoms with Crippen molar-refractivity contribution in [1.29, 1.82) is 0 Å². The van der Waals surface area contributed by atoms with Crippen LogP contribution in [-0.2, 0) is 14.3 Å². The Kier molecular flexibility index (Phi) is 4.01. The van der Waals surface area contributed by atoms with Gasteiger partial charge in [0.05, 0.1) is 0 Å². The van der Waals surface area contributed by atoms with Crippen LogP contribution < -0.4 is 0 Å². The summed E-state index contributed by atoms with van der Waals surface area (Å²) in [4.78, 5) is 34.9. The minimum absolute atomic E-state index is 0.210. The predicted octanol–water partition coefficient (Wildman–Crippen LogP) is 0.453. The molecule has 1 aliphatic heterocycles. The molecule has 0 radical (unpaired) electrons. The maximum absolute atomic E-state index is 11.8. The largest absolute Gasteiger partial charge is 0.455 e. The average molecular weight is 270 g/mol. The first-order valence-electron chi connectivity index (χ1n) is 6.57. The summed E-state index contributed by atoms with van der Waals surface area (Å²) < 4.78 is 4.86. The molecule has 1 saturated carbocycles. The average Bonchev–Trinajstić information content (AvgIpc) is 3.15. The Balaban J connectivity index is 1.72. The van der Waals surface area contributed by atoms with E-state index in [0.29, 0.717) is 19.0 Å². The van der Waals surface area contributed by atoms with E-state index in [1.165, 1.54) is 0 Å². The number of likely N-dealkylation sites (tertiary alicyclic amines) is 1. The fourth-order valence-corrected chi connectivity index (χ4v) is 2.42. The van der Waals surface area contributed by atoms with Gasteiger partial charge in [-0.1, -0.05) is 6.92 Å². The van der Waals surface area contributed by atoms with Gasteiger partial charge in [-0.3, -0.25) is 19.7 Å². The van der Waals surface area contributed by atoms with Crippen LogP contribution in [0, 0.1) is 22.0 Å². The highest BCUT2D eigenvalue weighted by Crippen LogP contribution is 2.34. The number of rotatable bonds is 4. The van der Waals surface area contributed by atoms with E-state index in [4.69, 9.17) is 4.74 Å². The number of carbonyl (C=O) groups is 2. The first-order chi connectivity index (χ1) is 8.99. The molecule has 3 unspecified atom stereocenters. The van der Waals surface area contributed by atoms with Gasteiger partial charge in [-0.05, 0) is 18.8 Å². The zero-order chi connectivity index (χ0) is 14.0. The SMILES string of the molecule is CC1CCCN(C(=O)COC(=O)C2CC2[N+](=O)[O-])C1. The van der Waals surface area contributed by atoms with Gasteiger partial charge in [0.1, 0.15) is 5.92 Å². The van der Waals surface area contributed by atoms with Crippen molar-refractivity contribution in [2.75, 3.05) is 19.7 Å². The molecule has 1 heterocycles. The zero-order valence-electron chi connectivity index (χ0n) is 10.9. The molecule has 1 amide bonds. The molecule has 0 aromatic rings. The lowest BCUT2D eigenvalue weighted by atomic mass is 10.0. The molecule has 106 valence electrons. The van der Waals surface area contributed by atoms with Gasteiger partial charge in [0.15, 0.2) is 6.61 Å². The summed E-state index contributed by atoms with van der Waals surface area (Å²) in [5.74, 6) is -1.03. The van der Waals surface area contributed by atoms with Gasteiger partial charge in [0.2, 0.25) is 6.04 Å². The number of amides is 1. The fraction of sp³-hybridized carbons (Fsp3) is 0.833. The number of hydrogen-bond donors (Lipinski definition) is 0. The molecule has 2 fully saturated rings. The van der Waals surface area contributed by atoms with Crippen LogP contribution in [0.25, 0.3) is 0 Å².